The Morgan fingerprint density at radius 1 is 0.882 bits per heavy atom. The molecule has 0 spiro atoms. The molecule has 11 heteroatoms. The molecule has 0 saturated carbocycles. The largest absolute Gasteiger partial charge is 0.497 e. The fourth-order valence-corrected chi connectivity index (χ4v) is 8.92. The summed E-state index contributed by atoms with van der Waals surface area (Å²) in [5.74, 6) is 0.194. The Morgan fingerprint density at radius 2 is 1.59 bits per heavy atom. The summed E-state index contributed by atoms with van der Waals surface area (Å²) in [6.45, 7) is 3.68. The second-order valence-corrected chi connectivity index (χ2v) is 14.5. The lowest BCUT2D eigenvalue weighted by Crippen LogP contribution is -2.50. The van der Waals surface area contributed by atoms with Crippen LogP contribution >= 0.6 is 11.8 Å². The molecule has 0 bridgehead atoms. The minimum absolute atomic E-state index is 0.0389. The third-order valence-corrected chi connectivity index (χ3v) is 11.4. The number of piperazine rings is 1. The molecule has 1 saturated heterocycles. The van der Waals surface area contributed by atoms with Crippen LogP contribution in [0, 0.1) is 0 Å². The van der Waals surface area contributed by atoms with Crippen LogP contribution in [0.25, 0.3) is 0 Å². The minimum Gasteiger partial charge on any atom is -0.497 e. The van der Waals surface area contributed by atoms with E-state index in [2.05, 4.69) is 27.2 Å². The first-order valence-corrected chi connectivity index (χ1v) is 18.2. The van der Waals surface area contributed by atoms with Crippen molar-refractivity contribution >= 4 is 29.3 Å². The first-order chi connectivity index (χ1) is 24.6. The van der Waals surface area contributed by atoms with Gasteiger partial charge in [0.1, 0.15) is 17.7 Å². The van der Waals surface area contributed by atoms with Gasteiger partial charge in [-0.2, -0.15) is 13.2 Å². The quantitative estimate of drug-likeness (QED) is 0.193. The van der Waals surface area contributed by atoms with Crippen LogP contribution in [0.15, 0.2) is 101 Å². The molecule has 0 atom stereocenters. The second-order valence-electron chi connectivity index (χ2n) is 13.4. The van der Waals surface area contributed by atoms with Gasteiger partial charge in [0.15, 0.2) is 0 Å². The van der Waals surface area contributed by atoms with Gasteiger partial charge in [-0.25, -0.2) is 0 Å². The number of hydrogen-bond donors (Lipinski definition) is 1. The van der Waals surface area contributed by atoms with Gasteiger partial charge >= 0.3 is 6.18 Å². The van der Waals surface area contributed by atoms with E-state index < -0.39 is 24.0 Å². The Hall–Kier alpha value is -4.48. The van der Waals surface area contributed by atoms with E-state index in [1.807, 2.05) is 83.8 Å². The number of rotatable bonds is 10. The van der Waals surface area contributed by atoms with E-state index >= 15 is 0 Å². The van der Waals surface area contributed by atoms with Crippen molar-refractivity contribution in [1.82, 2.24) is 15.1 Å². The number of halogens is 3. The van der Waals surface area contributed by atoms with E-state index in [9.17, 15) is 22.8 Å². The number of fused-ring (bicyclic) bond motifs is 3. The molecular weight excluding hydrogens is 674 g/mol. The van der Waals surface area contributed by atoms with Gasteiger partial charge in [0, 0.05) is 60.3 Å². The van der Waals surface area contributed by atoms with Crippen LogP contribution in [0.1, 0.15) is 45.5 Å². The van der Waals surface area contributed by atoms with Crippen molar-refractivity contribution in [2.45, 2.75) is 47.2 Å². The van der Waals surface area contributed by atoms with Crippen LogP contribution in [0.2, 0.25) is 0 Å². The smallest absolute Gasteiger partial charge is 0.405 e. The predicted molar refractivity (Wildman–Crippen MR) is 193 cm³/mol. The summed E-state index contributed by atoms with van der Waals surface area (Å²) in [5.41, 5.74) is 4.15. The lowest BCUT2D eigenvalue weighted by atomic mass is 9.70. The van der Waals surface area contributed by atoms with E-state index in [1.54, 1.807) is 18.9 Å². The Kier molecular flexibility index (Phi) is 10.0. The molecule has 4 aromatic carbocycles. The summed E-state index contributed by atoms with van der Waals surface area (Å²) >= 11 is 1.55. The topological polar surface area (TPSA) is 65.1 Å². The number of carbonyl (C=O) groups excluding carboxylic acids is 2. The van der Waals surface area contributed by atoms with Crippen LogP contribution in [0.3, 0.4) is 0 Å². The number of nitrogens with one attached hydrogen (secondary N) is 1. The molecule has 2 amide bonds. The van der Waals surface area contributed by atoms with E-state index in [1.165, 1.54) is 0 Å². The number of ether oxygens (including phenoxy) is 1. The number of amides is 2. The standard InChI is InChI=1S/C40H41F3N4O3S/c1-50-31-9-6-8-28(24-31)26-47-19-16-29-14-15-30(25-32(29)37(47)48)46-22-20-45(21-23-46)18-7-17-39(38(49)44-27-40(41,42)43)33-10-2-4-12-35(33)51-36-13-5-3-11-34(36)39/h2-6,8-15,24-25H,7,16-23,26-27H2,1H3,(H,44,49). The highest BCUT2D eigenvalue weighted by molar-refractivity contribution is 7.99. The van der Waals surface area contributed by atoms with Gasteiger partial charge in [-0.3, -0.25) is 14.5 Å². The number of methoxy groups -OCH3 is 1. The van der Waals surface area contributed by atoms with Crippen LogP contribution < -0.4 is 15.0 Å². The molecule has 3 aliphatic heterocycles. The maximum Gasteiger partial charge on any atom is 0.405 e. The molecule has 266 valence electrons. The Balaban J connectivity index is 1.01. The maximum atomic E-state index is 14.0. The lowest BCUT2D eigenvalue weighted by molar-refractivity contribution is -0.141. The van der Waals surface area contributed by atoms with Crippen molar-refractivity contribution in [3.05, 3.63) is 119 Å². The monoisotopic (exact) mass is 714 g/mol. The highest BCUT2D eigenvalue weighted by atomic mass is 32.2. The second kappa shape index (κ2) is 14.6. The van der Waals surface area contributed by atoms with Crippen molar-refractivity contribution in [3.63, 3.8) is 0 Å². The fourth-order valence-electron chi connectivity index (χ4n) is 7.68. The van der Waals surface area contributed by atoms with Gasteiger partial charge in [-0.05, 0) is 84.5 Å². The van der Waals surface area contributed by atoms with Gasteiger partial charge in [-0.15, -0.1) is 0 Å². The number of carbonyl (C=O) groups is 2. The van der Waals surface area contributed by atoms with Crippen LogP contribution in [-0.2, 0) is 23.2 Å². The van der Waals surface area contributed by atoms with Crippen molar-refractivity contribution in [1.29, 1.82) is 0 Å². The highest BCUT2D eigenvalue weighted by Gasteiger charge is 2.47. The molecule has 7 nitrogen and oxygen atoms in total. The molecule has 0 aliphatic carbocycles. The number of nitrogens with zero attached hydrogens (tertiary/aromatic N) is 3. The van der Waals surface area contributed by atoms with Crippen molar-refractivity contribution in [2.24, 2.45) is 0 Å². The first-order valence-electron chi connectivity index (χ1n) is 17.4. The Bertz CT molecular complexity index is 1860. The van der Waals surface area contributed by atoms with Crippen molar-refractivity contribution < 1.29 is 27.5 Å². The zero-order chi connectivity index (χ0) is 35.6. The maximum absolute atomic E-state index is 14.0. The van der Waals surface area contributed by atoms with Gasteiger partial charge in [0.2, 0.25) is 5.91 Å². The molecule has 4 aromatic rings. The normalized spacial score (nSPS) is 17.0. The summed E-state index contributed by atoms with van der Waals surface area (Å²) < 4.78 is 45.3. The van der Waals surface area contributed by atoms with Crippen LogP contribution in [0.4, 0.5) is 18.9 Å². The molecule has 0 aromatic heterocycles. The molecule has 0 radical (unpaired) electrons. The Morgan fingerprint density at radius 3 is 2.27 bits per heavy atom. The van der Waals surface area contributed by atoms with Crippen LogP contribution in [0.5, 0.6) is 5.75 Å². The third-order valence-electron chi connectivity index (χ3n) is 10.3. The number of anilines is 1. The molecular formula is C40H41F3N4O3S. The van der Waals surface area contributed by atoms with Gasteiger partial charge in [-0.1, -0.05) is 66.4 Å². The summed E-state index contributed by atoms with van der Waals surface area (Å²) in [5, 5.41) is 2.25. The molecule has 3 aliphatic rings. The van der Waals surface area contributed by atoms with Crippen molar-refractivity contribution in [2.75, 3.05) is 57.8 Å². The zero-order valence-electron chi connectivity index (χ0n) is 28.5. The average Bonchev–Trinajstić information content (AvgIpc) is 3.14. The summed E-state index contributed by atoms with van der Waals surface area (Å²) in [4.78, 5) is 35.9. The van der Waals surface area contributed by atoms with E-state index in [-0.39, 0.29) is 5.91 Å². The highest BCUT2D eigenvalue weighted by Crippen LogP contribution is 2.51. The third kappa shape index (κ3) is 7.32. The van der Waals surface area contributed by atoms with Gasteiger partial charge in [0.25, 0.3) is 5.91 Å². The zero-order valence-corrected chi connectivity index (χ0v) is 29.4. The van der Waals surface area contributed by atoms with Crippen LogP contribution in [-0.4, -0.2) is 80.7 Å². The fraction of sp³-hybridized carbons (Fsp3) is 0.350. The number of alkyl halides is 3. The SMILES string of the molecule is COc1cccc(CN2CCc3ccc(N4CCN(CCCC5(C(=O)NCC(F)(F)F)c6ccccc6Sc6ccccc65)CC4)cc3C2=O)c1. The van der Waals surface area contributed by atoms with Gasteiger partial charge in [0.05, 0.1) is 7.11 Å². The summed E-state index contributed by atoms with van der Waals surface area (Å²) in [7, 11) is 1.64. The molecule has 1 N–H and O–H groups in total. The molecule has 1 fully saturated rings. The number of benzene rings is 4. The molecule has 7 rings (SSSR count). The summed E-state index contributed by atoms with van der Waals surface area (Å²) in [6, 6.07) is 29.2. The summed E-state index contributed by atoms with van der Waals surface area (Å²) in [6.07, 6.45) is -2.70. The average molecular weight is 715 g/mol. The van der Waals surface area contributed by atoms with E-state index in [0.717, 1.165) is 81.6 Å². The molecule has 3 heterocycles. The first kappa shape index (κ1) is 34.9. The minimum atomic E-state index is -4.51. The number of hydrogen-bond acceptors (Lipinski definition) is 6. The lowest BCUT2D eigenvalue weighted by Gasteiger charge is -2.40. The Labute approximate surface area is 300 Å². The molecule has 0 unspecified atom stereocenters. The van der Waals surface area contributed by atoms with E-state index in [4.69, 9.17) is 4.74 Å². The van der Waals surface area contributed by atoms with E-state index in [0.29, 0.717) is 32.5 Å². The molecule has 51 heavy (non-hydrogen) atoms. The van der Waals surface area contributed by atoms with Crippen molar-refractivity contribution in [3.8, 4) is 5.75 Å². The van der Waals surface area contributed by atoms with Gasteiger partial charge < -0.3 is 19.9 Å². The predicted octanol–water partition coefficient (Wildman–Crippen LogP) is 6.93.